The van der Waals surface area contributed by atoms with Gasteiger partial charge in [0, 0.05) is 13.1 Å². The van der Waals surface area contributed by atoms with Crippen LogP contribution in [0.5, 0.6) is 0 Å². The predicted octanol–water partition coefficient (Wildman–Crippen LogP) is 1.38. The number of carbonyl (C=O) groups is 1. The fraction of sp³-hybridized carbons (Fsp3) is 0.929. The molecule has 0 aliphatic carbocycles. The van der Waals surface area contributed by atoms with Crippen LogP contribution < -0.4 is 5.32 Å². The molecule has 1 heterocycles. The van der Waals surface area contributed by atoms with Crippen molar-refractivity contribution in [2.75, 3.05) is 26.7 Å². The molecule has 0 aromatic carbocycles. The highest BCUT2D eigenvalue weighted by Crippen LogP contribution is 2.21. The molecule has 0 spiro atoms. The minimum atomic E-state index is -0.00988. The summed E-state index contributed by atoms with van der Waals surface area (Å²) in [4.78, 5) is 16.7. The zero-order chi connectivity index (χ0) is 13.9. The van der Waals surface area contributed by atoms with Crippen molar-refractivity contribution < 1.29 is 4.79 Å². The van der Waals surface area contributed by atoms with Gasteiger partial charge in [-0.15, -0.1) is 0 Å². The van der Waals surface area contributed by atoms with Gasteiger partial charge in [0.25, 0.3) is 0 Å². The standard InChI is InChI=1S/C14H29N3O/c1-7-16(6)8-9-17-13(11(4)5)15-12(10(2)3)14(17)18/h10-13,15H,7-9H2,1-6H3. The summed E-state index contributed by atoms with van der Waals surface area (Å²) in [5, 5.41) is 3.49. The van der Waals surface area contributed by atoms with E-state index < -0.39 is 0 Å². The summed E-state index contributed by atoms with van der Waals surface area (Å²) in [6, 6.07) is -0.00988. The Morgan fingerprint density at radius 3 is 2.33 bits per heavy atom. The van der Waals surface area contributed by atoms with Crippen LogP contribution in [0.3, 0.4) is 0 Å². The fourth-order valence-corrected chi connectivity index (χ4v) is 2.38. The average molecular weight is 255 g/mol. The molecular weight excluding hydrogens is 226 g/mol. The molecule has 1 aliphatic rings. The number of likely N-dealkylation sites (N-methyl/N-ethyl adjacent to an activating group) is 1. The Morgan fingerprint density at radius 2 is 1.89 bits per heavy atom. The maximum absolute atomic E-state index is 12.4. The fourth-order valence-electron chi connectivity index (χ4n) is 2.38. The van der Waals surface area contributed by atoms with Gasteiger partial charge in [-0.3, -0.25) is 10.1 Å². The molecule has 106 valence electrons. The predicted molar refractivity (Wildman–Crippen MR) is 75.3 cm³/mol. The molecule has 0 aromatic rings. The van der Waals surface area contributed by atoms with Crippen molar-refractivity contribution in [3.63, 3.8) is 0 Å². The summed E-state index contributed by atoms with van der Waals surface area (Å²) in [6.45, 7) is 13.5. The maximum Gasteiger partial charge on any atom is 0.241 e. The molecule has 1 N–H and O–H groups in total. The van der Waals surface area contributed by atoms with E-state index in [9.17, 15) is 4.79 Å². The van der Waals surface area contributed by atoms with E-state index in [2.05, 4.69) is 51.9 Å². The van der Waals surface area contributed by atoms with Crippen LogP contribution in [0.4, 0.5) is 0 Å². The molecule has 18 heavy (non-hydrogen) atoms. The number of amides is 1. The van der Waals surface area contributed by atoms with Gasteiger partial charge in [-0.2, -0.15) is 0 Å². The Morgan fingerprint density at radius 1 is 1.28 bits per heavy atom. The molecule has 2 unspecified atom stereocenters. The van der Waals surface area contributed by atoms with Gasteiger partial charge in [-0.05, 0) is 25.4 Å². The molecular formula is C14H29N3O. The first kappa shape index (κ1) is 15.4. The first-order valence-electron chi connectivity index (χ1n) is 7.13. The van der Waals surface area contributed by atoms with Gasteiger partial charge in [-0.1, -0.05) is 34.6 Å². The number of hydrogen-bond donors (Lipinski definition) is 1. The first-order valence-corrected chi connectivity index (χ1v) is 7.13. The van der Waals surface area contributed by atoms with E-state index in [1.807, 2.05) is 4.90 Å². The third kappa shape index (κ3) is 3.45. The summed E-state index contributed by atoms with van der Waals surface area (Å²) in [6.07, 6.45) is 0.190. The minimum absolute atomic E-state index is 0.00988. The van der Waals surface area contributed by atoms with E-state index in [0.717, 1.165) is 19.6 Å². The van der Waals surface area contributed by atoms with Crippen molar-refractivity contribution in [1.29, 1.82) is 0 Å². The van der Waals surface area contributed by atoms with Crippen molar-refractivity contribution in [3.05, 3.63) is 0 Å². The molecule has 2 atom stereocenters. The number of rotatable bonds is 6. The van der Waals surface area contributed by atoms with Gasteiger partial charge in [0.05, 0.1) is 12.2 Å². The lowest BCUT2D eigenvalue weighted by atomic mass is 10.0. The van der Waals surface area contributed by atoms with Gasteiger partial charge in [0.1, 0.15) is 0 Å². The molecule has 0 bridgehead atoms. The highest BCUT2D eigenvalue weighted by atomic mass is 16.2. The number of hydrogen-bond acceptors (Lipinski definition) is 3. The number of carbonyl (C=O) groups excluding carboxylic acids is 1. The average Bonchev–Trinajstić information content (AvgIpc) is 2.63. The lowest BCUT2D eigenvalue weighted by Gasteiger charge is -2.28. The van der Waals surface area contributed by atoms with Crippen LogP contribution in [0.25, 0.3) is 0 Å². The highest BCUT2D eigenvalue weighted by Gasteiger charge is 2.41. The molecule has 0 radical (unpaired) electrons. The molecule has 1 aliphatic heterocycles. The van der Waals surface area contributed by atoms with Gasteiger partial charge in [-0.25, -0.2) is 0 Å². The Bertz CT molecular complexity index is 278. The SMILES string of the molecule is CCN(C)CCN1C(=O)C(C(C)C)NC1C(C)C. The molecule has 1 amide bonds. The van der Waals surface area contributed by atoms with Gasteiger partial charge in [0.2, 0.25) is 5.91 Å². The number of nitrogens with zero attached hydrogens (tertiary/aromatic N) is 2. The lowest BCUT2D eigenvalue weighted by Crippen LogP contribution is -2.44. The number of nitrogens with one attached hydrogen (secondary N) is 1. The van der Waals surface area contributed by atoms with Crippen molar-refractivity contribution in [2.24, 2.45) is 11.8 Å². The Hall–Kier alpha value is -0.610. The monoisotopic (exact) mass is 255 g/mol. The summed E-state index contributed by atoms with van der Waals surface area (Å²) in [5.41, 5.74) is 0. The third-order valence-corrected chi connectivity index (χ3v) is 3.80. The van der Waals surface area contributed by atoms with E-state index in [-0.39, 0.29) is 18.1 Å². The van der Waals surface area contributed by atoms with Crippen molar-refractivity contribution in [1.82, 2.24) is 15.1 Å². The molecule has 1 rings (SSSR count). The second-order valence-electron chi connectivity index (χ2n) is 6.00. The van der Waals surface area contributed by atoms with E-state index in [4.69, 9.17) is 0 Å². The van der Waals surface area contributed by atoms with Crippen LogP contribution in [0, 0.1) is 11.8 Å². The van der Waals surface area contributed by atoms with E-state index in [1.165, 1.54) is 0 Å². The van der Waals surface area contributed by atoms with Crippen LogP contribution in [0.1, 0.15) is 34.6 Å². The quantitative estimate of drug-likeness (QED) is 0.779. The van der Waals surface area contributed by atoms with E-state index >= 15 is 0 Å². The van der Waals surface area contributed by atoms with Crippen LogP contribution in [0.15, 0.2) is 0 Å². The van der Waals surface area contributed by atoms with Crippen LogP contribution in [-0.4, -0.2) is 54.6 Å². The Labute approximate surface area is 112 Å². The van der Waals surface area contributed by atoms with Gasteiger partial charge >= 0.3 is 0 Å². The van der Waals surface area contributed by atoms with Crippen molar-refractivity contribution >= 4 is 5.91 Å². The molecule has 4 heteroatoms. The maximum atomic E-state index is 12.4. The normalized spacial score (nSPS) is 24.9. The van der Waals surface area contributed by atoms with Crippen LogP contribution in [-0.2, 0) is 4.79 Å². The first-order chi connectivity index (χ1) is 8.38. The summed E-state index contributed by atoms with van der Waals surface area (Å²) in [7, 11) is 2.10. The second-order valence-corrected chi connectivity index (χ2v) is 6.00. The Kier molecular flexibility index (Phi) is 5.60. The summed E-state index contributed by atoms with van der Waals surface area (Å²) >= 11 is 0. The van der Waals surface area contributed by atoms with Crippen LogP contribution in [0.2, 0.25) is 0 Å². The topological polar surface area (TPSA) is 35.6 Å². The second kappa shape index (κ2) is 6.53. The lowest BCUT2D eigenvalue weighted by molar-refractivity contribution is -0.131. The van der Waals surface area contributed by atoms with E-state index in [0.29, 0.717) is 11.8 Å². The van der Waals surface area contributed by atoms with Crippen molar-refractivity contribution in [3.8, 4) is 0 Å². The third-order valence-electron chi connectivity index (χ3n) is 3.80. The summed E-state index contributed by atoms with van der Waals surface area (Å²) in [5.74, 6) is 1.07. The highest BCUT2D eigenvalue weighted by molar-refractivity contribution is 5.84. The van der Waals surface area contributed by atoms with E-state index in [1.54, 1.807) is 0 Å². The van der Waals surface area contributed by atoms with Gasteiger partial charge < -0.3 is 9.80 Å². The molecule has 1 fully saturated rings. The minimum Gasteiger partial charge on any atom is -0.324 e. The van der Waals surface area contributed by atoms with Crippen molar-refractivity contribution in [2.45, 2.75) is 46.8 Å². The van der Waals surface area contributed by atoms with Gasteiger partial charge in [0.15, 0.2) is 0 Å². The molecule has 1 saturated heterocycles. The molecule has 0 aromatic heterocycles. The molecule has 0 saturated carbocycles. The smallest absolute Gasteiger partial charge is 0.241 e. The summed E-state index contributed by atoms with van der Waals surface area (Å²) < 4.78 is 0. The molecule has 4 nitrogen and oxygen atoms in total. The zero-order valence-corrected chi connectivity index (χ0v) is 12.7. The zero-order valence-electron chi connectivity index (χ0n) is 12.7. The largest absolute Gasteiger partial charge is 0.324 e. The van der Waals surface area contributed by atoms with Crippen LogP contribution >= 0.6 is 0 Å². The Balaban J connectivity index is 2.69.